The Morgan fingerprint density at radius 1 is 0.480 bits per heavy atom. The fourth-order valence-corrected chi connectivity index (χ4v) is 8.24. The zero-order chi connectivity index (χ0) is 36.0. The summed E-state index contributed by atoms with van der Waals surface area (Å²) < 4.78 is 0. The predicted octanol–water partition coefficient (Wildman–Crippen LogP) is 11.8. The van der Waals surface area contributed by atoms with Gasteiger partial charge in [0.05, 0.1) is 5.56 Å². The Kier molecular flexibility index (Phi) is 9.41. The van der Waals surface area contributed by atoms with Gasteiger partial charge in [0.2, 0.25) is 12.3 Å². The van der Waals surface area contributed by atoms with Gasteiger partial charge >= 0.3 is 0 Å². The van der Waals surface area contributed by atoms with E-state index in [2.05, 4.69) is 152 Å². The topological polar surface area (TPSA) is 86.2 Å². The average molecular weight is 661 g/mol. The minimum Gasteiger partial charge on any atom is -0.372 e. The maximum Gasteiger partial charge on any atom is 0.249 e. The van der Waals surface area contributed by atoms with E-state index in [4.69, 9.17) is 10.5 Å². The van der Waals surface area contributed by atoms with Crippen molar-refractivity contribution in [3.8, 4) is 22.3 Å². The zero-order valence-electron chi connectivity index (χ0n) is 30.5. The molecule has 0 fully saturated rings. The molecular formula is C46H48N2O2. The Morgan fingerprint density at radius 3 is 1.28 bits per heavy atom. The highest BCUT2D eigenvalue weighted by Crippen LogP contribution is 2.54. The molecule has 0 heterocycles. The summed E-state index contributed by atoms with van der Waals surface area (Å²) in [4.78, 5) is 22.8. The van der Waals surface area contributed by atoms with Crippen molar-refractivity contribution in [1.29, 1.82) is 0 Å². The maximum absolute atomic E-state index is 14.2. The van der Waals surface area contributed by atoms with Crippen molar-refractivity contribution in [1.82, 2.24) is 0 Å². The van der Waals surface area contributed by atoms with Crippen molar-refractivity contribution in [2.24, 2.45) is 11.5 Å². The lowest BCUT2D eigenvalue weighted by molar-refractivity contribution is -0.106. The molecule has 0 aliphatic rings. The lowest BCUT2D eigenvalue weighted by Crippen LogP contribution is -2.16. The standard InChI is InChI=1S/C45H45NO.CH3NO/c1-24(2)29-16-11-17-30(25(3)4)38(29)43-41-35-22-10-15-28-14-9-20-33(37(28)35)34-21-13-23-36(40(34)41)42(45(46)47)44(43)39-31(26(5)6)18-12-19-32(39)27(7)8;2-1-3/h9-27H,1-8H3,(H2,46,47);1H,(H2,2,3). The first-order valence-corrected chi connectivity index (χ1v) is 17.8. The van der Waals surface area contributed by atoms with E-state index in [1.54, 1.807) is 0 Å². The summed E-state index contributed by atoms with van der Waals surface area (Å²) >= 11 is 0. The molecule has 4 heteroatoms. The van der Waals surface area contributed by atoms with Crippen molar-refractivity contribution < 1.29 is 9.59 Å². The van der Waals surface area contributed by atoms with E-state index in [1.807, 2.05) is 0 Å². The number of benzene rings is 7. The van der Waals surface area contributed by atoms with Gasteiger partial charge in [-0.1, -0.05) is 146 Å². The molecule has 0 unspecified atom stereocenters. The minimum absolute atomic E-state index is 0.240. The molecule has 0 aromatic heterocycles. The van der Waals surface area contributed by atoms with E-state index in [0.717, 1.165) is 32.8 Å². The van der Waals surface area contributed by atoms with Crippen molar-refractivity contribution in [3.05, 3.63) is 119 Å². The van der Waals surface area contributed by atoms with Crippen LogP contribution in [0.25, 0.3) is 65.3 Å². The molecule has 0 bridgehead atoms. The summed E-state index contributed by atoms with van der Waals surface area (Å²) in [7, 11) is 0. The summed E-state index contributed by atoms with van der Waals surface area (Å²) in [6.07, 6.45) is 0.250. The average Bonchev–Trinajstić information content (AvgIpc) is 3.09. The number of hydrogen-bond acceptors (Lipinski definition) is 2. The second-order valence-electron chi connectivity index (χ2n) is 14.7. The number of nitrogens with two attached hydrogens (primary N) is 2. The molecule has 2 amide bonds. The Hall–Kier alpha value is -5.22. The van der Waals surface area contributed by atoms with Crippen molar-refractivity contribution >= 4 is 55.4 Å². The highest BCUT2D eigenvalue weighted by atomic mass is 16.1. The number of hydrogen-bond donors (Lipinski definition) is 2. The van der Waals surface area contributed by atoms with Crippen LogP contribution in [-0.4, -0.2) is 12.3 Å². The molecule has 254 valence electrons. The minimum atomic E-state index is -0.386. The normalized spacial score (nSPS) is 11.8. The van der Waals surface area contributed by atoms with Gasteiger partial charge in [-0.3, -0.25) is 9.59 Å². The molecule has 0 saturated heterocycles. The first-order valence-electron chi connectivity index (χ1n) is 17.8. The SMILES string of the molecule is CC(C)c1cccc(C(C)C)c1-c1c(C(N)=O)c2cccc3c4cccc5cccc(c(c1-c1c(C(C)C)cccc1C(C)C)c23)c54.NC=O. The van der Waals surface area contributed by atoms with E-state index in [0.29, 0.717) is 5.56 Å². The van der Waals surface area contributed by atoms with Crippen LogP contribution in [0, 0.1) is 0 Å². The Labute approximate surface area is 295 Å². The monoisotopic (exact) mass is 660 g/mol. The van der Waals surface area contributed by atoms with Gasteiger partial charge in [0.1, 0.15) is 0 Å². The summed E-state index contributed by atoms with van der Waals surface area (Å²) in [5.41, 5.74) is 21.0. The fraction of sp³-hybridized carbons (Fsp3) is 0.261. The van der Waals surface area contributed by atoms with E-state index >= 15 is 0 Å². The van der Waals surface area contributed by atoms with Gasteiger partial charge in [-0.15, -0.1) is 0 Å². The second-order valence-corrected chi connectivity index (χ2v) is 14.7. The third-order valence-electron chi connectivity index (χ3n) is 10.3. The van der Waals surface area contributed by atoms with Crippen LogP contribution in [0.3, 0.4) is 0 Å². The largest absolute Gasteiger partial charge is 0.372 e. The second kappa shape index (κ2) is 13.6. The molecule has 0 atom stereocenters. The van der Waals surface area contributed by atoms with E-state index in [9.17, 15) is 4.79 Å². The van der Waals surface area contributed by atoms with Crippen LogP contribution in [-0.2, 0) is 4.79 Å². The third-order valence-corrected chi connectivity index (χ3v) is 10.3. The Bertz CT molecular complexity index is 2340. The van der Waals surface area contributed by atoms with Crippen LogP contribution >= 0.6 is 0 Å². The molecule has 0 radical (unpaired) electrons. The van der Waals surface area contributed by atoms with E-state index < -0.39 is 0 Å². The zero-order valence-corrected chi connectivity index (χ0v) is 30.5. The van der Waals surface area contributed by atoms with Gasteiger partial charge in [0, 0.05) is 5.56 Å². The molecule has 7 aromatic rings. The summed E-state index contributed by atoms with van der Waals surface area (Å²) in [6, 6.07) is 33.2. The number of fused-ring (bicyclic) bond motifs is 2. The van der Waals surface area contributed by atoms with Crippen molar-refractivity contribution in [2.45, 2.75) is 79.1 Å². The quantitative estimate of drug-likeness (QED) is 0.101. The van der Waals surface area contributed by atoms with Crippen molar-refractivity contribution in [2.75, 3.05) is 0 Å². The Balaban J connectivity index is 0.00000139. The smallest absolute Gasteiger partial charge is 0.249 e. The maximum atomic E-state index is 14.2. The van der Waals surface area contributed by atoms with Crippen LogP contribution in [0.5, 0.6) is 0 Å². The van der Waals surface area contributed by atoms with Crippen LogP contribution in [0.1, 0.15) is 112 Å². The molecule has 0 aliphatic heterocycles. The van der Waals surface area contributed by atoms with Gasteiger partial charge in [-0.25, -0.2) is 0 Å². The van der Waals surface area contributed by atoms with Gasteiger partial charge in [-0.2, -0.15) is 0 Å². The number of carbonyl (C=O) groups excluding carboxylic acids is 2. The van der Waals surface area contributed by atoms with Gasteiger partial charge in [-0.05, 0) is 106 Å². The molecule has 0 spiro atoms. The lowest BCUT2D eigenvalue weighted by Gasteiger charge is -2.30. The summed E-state index contributed by atoms with van der Waals surface area (Å²) in [6.45, 7) is 18.2. The molecular weight excluding hydrogens is 613 g/mol. The predicted molar refractivity (Wildman–Crippen MR) is 214 cm³/mol. The highest BCUT2D eigenvalue weighted by molar-refractivity contribution is 6.39. The number of rotatable bonds is 7. The van der Waals surface area contributed by atoms with Crippen molar-refractivity contribution in [3.63, 3.8) is 0 Å². The van der Waals surface area contributed by atoms with E-state index in [1.165, 1.54) is 54.7 Å². The van der Waals surface area contributed by atoms with Crippen LogP contribution in [0.15, 0.2) is 91.0 Å². The summed E-state index contributed by atoms with van der Waals surface area (Å²) in [5, 5.41) is 9.33. The molecule has 0 saturated carbocycles. The summed E-state index contributed by atoms with van der Waals surface area (Å²) in [5.74, 6) is 0.629. The number of carbonyl (C=O) groups is 2. The lowest BCUT2D eigenvalue weighted by atomic mass is 9.73. The van der Waals surface area contributed by atoms with Gasteiger partial charge in [0.25, 0.3) is 0 Å². The van der Waals surface area contributed by atoms with E-state index in [-0.39, 0.29) is 36.0 Å². The Morgan fingerprint density at radius 2 is 0.840 bits per heavy atom. The molecule has 7 rings (SSSR count). The molecule has 4 nitrogen and oxygen atoms in total. The molecule has 0 aliphatic carbocycles. The third kappa shape index (κ3) is 5.48. The molecule has 50 heavy (non-hydrogen) atoms. The van der Waals surface area contributed by atoms with Crippen LogP contribution in [0.2, 0.25) is 0 Å². The number of amides is 2. The fourth-order valence-electron chi connectivity index (χ4n) is 8.24. The molecule has 7 aromatic carbocycles. The van der Waals surface area contributed by atoms with Crippen LogP contribution < -0.4 is 11.5 Å². The van der Waals surface area contributed by atoms with Gasteiger partial charge in [0.15, 0.2) is 0 Å². The van der Waals surface area contributed by atoms with Gasteiger partial charge < -0.3 is 11.5 Å². The highest BCUT2D eigenvalue weighted by Gasteiger charge is 2.32. The first kappa shape index (κ1) is 34.6. The number of primary amides is 2. The molecule has 4 N–H and O–H groups in total. The van der Waals surface area contributed by atoms with Crippen LogP contribution in [0.4, 0.5) is 0 Å². The first-order chi connectivity index (χ1) is 23.9.